The predicted molar refractivity (Wildman–Crippen MR) is 82.8 cm³/mol. The highest BCUT2D eigenvalue weighted by Gasteiger charge is 2.32. The van der Waals surface area contributed by atoms with Crippen molar-refractivity contribution < 1.29 is 4.79 Å². The van der Waals surface area contributed by atoms with E-state index in [0.717, 1.165) is 16.6 Å². The summed E-state index contributed by atoms with van der Waals surface area (Å²) in [6, 6.07) is 9.81. The monoisotopic (exact) mass is 331 g/mol. The number of rotatable bonds is 1. The summed E-state index contributed by atoms with van der Waals surface area (Å²) in [4.78, 5) is 18.6. The van der Waals surface area contributed by atoms with Gasteiger partial charge in [0.25, 0.3) is 5.91 Å². The fourth-order valence-electron chi connectivity index (χ4n) is 2.63. The average Bonchev–Trinajstić information content (AvgIpc) is 2.76. The van der Waals surface area contributed by atoms with Crippen LogP contribution in [-0.2, 0) is 6.42 Å². The van der Waals surface area contributed by atoms with Crippen molar-refractivity contribution in [3.8, 4) is 0 Å². The number of hydrogen-bond acceptors (Lipinski definition) is 3. The van der Waals surface area contributed by atoms with Crippen LogP contribution in [-0.4, -0.2) is 16.9 Å². The average molecular weight is 332 g/mol. The van der Waals surface area contributed by atoms with Crippen molar-refractivity contribution in [3.63, 3.8) is 0 Å². The standard InChI is InChI=1S/C15H14BrN3O/c1-9-6-10-4-2-3-5-13(10)19(9)15(20)12-7-11(16)8-18-14(12)17/h2-5,7-9H,6H2,1H3,(H2,17,18). The maximum absolute atomic E-state index is 12.8. The van der Waals surface area contributed by atoms with Gasteiger partial charge in [0, 0.05) is 22.4 Å². The number of carbonyl (C=O) groups excluding carboxylic acids is 1. The first-order chi connectivity index (χ1) is 9.58. The van der Waals surface area contributed by atoms with E-state index in [1.165, 1.54) is 5.56 Å². The molecule has 102 valence electrons. The summed E-state index contributed by atoms with van der Waals surface area (Å²) in [5, 5.41) is 0. The Kier molecular flexibility index (Phi) is 3.22. The van der Waals surface area contributed by atoms with Crippen molar-refractivity contribution in [1.82, 2.24) is 4.98 Å². The van der Waals surface area contributed by atoms with E-state index in [0.29, 0.717) is 5.56 Å². The second kappa shape index (κ2) is 4.90. The lowest BCUT2D eigenvalue weighted by Crippen LogP contribution is -2.36. The number of carbonyl (C=O) groups is 1. The van der Waals surface area contributed by atoms with Gasteiger partial charge in [0.2, 0.25) is 0 Å². The second-order valence-corrected chi connectivity index (χ2v) is 5.86. The first kappa shape index (κ1) is 13.1. The second-order valence-electron chi connectivity index (χ2n) is 4.94. The van der Waals surface area contributed by atoms with E-state index in [1.807, 2.05) is 25.1 Å². The van der Waals surface area contributed by atoms with Gasteiger partial charge < -0.3 is 10.6 Å². The van der Waals surface area contributed by atoms with Gasteiger partial charge in [-0.25, -0.2) is 4.98 Å². The first-order valence-corrected chi connectivity index (χ1v) is 7.19. The predicted octanol–water partition coefficient (Wildman–Crippen LogP) is 3.02. The number of halogens is 1. The zero-order valence-electron chi connectivity index (χ0n) is 11.0. The van der Waals surface area contributed by atoms with Gasteiger partial charge in [0.1, 0.15) is 5.82 Å². The molecule has 1 aromatic carbocycles. The SMILES string of the molecule is CC1Cc2ccccc2N1C(=O)c1cc(Br)cnc1N. The molecule has 0 fully saturated rings. The molecule has 0 saturated heterocycles. The van der Waals surface area contributed by atoms with Crippen LogP contribution in [0.1, 0.15) is 22.8 Å². The van der Waals surface area contributed by atoms with Crippen LogP contribution in [0, 0.1) is 0 Å². The summed E-state index contributed by atoms with van der Waals surface area (Å²) < 4.78 is 0.746. The van der Waals surface area contributed by atoms with Gasteiger partial charge in [0.05, 0.1) is 5.56 Å². The highest BCUT2D eigenvalue weighted by atomic mass is 79.9. The van der Waals surface area contributed by atoms with Crippen molar-refractivity contribution in [1.29, 1.82) is 0 Å². The number of anilines is 2. The van der Waals surface area contributed by atoms with Crippen LogP contribution in [0.5, 0.6) is 0 Å². The number of nitrogens with two attached hydrogens (primary N) is 1. The lowest BCUT2D eigenvalue weighted by molar-refractivity contribution is 0.0982. The van der Waals surface area contributed by atoms with Crippen LogP contribution >= 0.6 is 15.9 Å². The quantitative estimate of drug-likeness (QED) is 0.873. The van der Waals surface area contributed by atoms with E-state index >= 15 is 0 Å². The molecule has 1 unspecified atom stereocenters. The molecule has 0 saturated carbocycles. The third kappa shape index (κ3) is 2.08. The highest BCUT2D eigenvalue weighted by Crippen LogP contribution is 2.33. The molecule has 0 aliphatic carbocycles. The molecule has 1 aliphatic heterocycles. The number of nitrogens with zero attached hydrogens (tertiary/aromatic N) is 2. The zero-order valence-corrected chi connectivity index (χ0v) is 12.6. The largest absolute Gasteiger partial charge is 0.383 e. The van der Waals surface area contributed by atoms with Gasteiger partial charge >= 0.3 is 0 Å². The number of pyridine rings is 1. The normalized spacial score (nSPS) is 17.1. The lowest BCUT2D eigenvalue weighted by atomic mass is 10.1. The van der Waals surface area contributed by atoms with Gasteiger partial charge in [0.15, 0.2) is 0 Å². The molecule has 1 aliphatic rings. The van der Waals surface area contributed by atoms with Crippen molar-refractivity contribution >= 4 is 33.3 Å². The summed E-state index contributed by atoms with van der Waals surface area (Å²) in [7, 11) is 0. The molecule has 2 N–H and O–H groups in total. The Labute approximate surface area is 125 Å². The Morgan fingerprint density at radius 3 is 3.00 bits per heavy atom. The van der Waals surface area contributed by atoms with E-state index in [-0.39, 0.29) is 17.8 Å². The summed E-state index contributed by atoms with van der Waals surface area (Å²) >= 11 is 3.33. The minimum Gasteiger partial charge on any atom is -0.383 e. The number of para-hydroxylation sites is 1. The van der Waals surface area contributed by atoms with Crippen LogP contribution in [0.15, 0.2) is 41.0 Å². The molecule has 1 aromatic heterocycles. The summed E-state index contributed by atoms with van der Waals surface area (Å²) in [6.45, 7) is 2.04. The van der Waals surface area contributed by atoms with Crippen LogP contribution in [0.4, 0.5) is 11.5 Å². The van der Waals surface area contributed by atoms with Crippen LogP contribution in [0.3, 0.4) is 0 Å². The van der Waals surface area contributed by atoms with Crippen molar-refractivity contribution in [2.75, 3.05) is 10.6 Å². The Morgan fingerprint density at radius 1 is 1.45 bits per heavy atom. The van der Waals surface area contributed by atoms with Crippen molar-refractivity contribution in [2.45, 2.75) is 19.4 Å². The molecular weight excluding hydrogens is 318 g/mol. The number of benzene rings is 1. The third-order valence-corrected chi connectivity index (χ3v) is 3.98. The minimum absolute atomic E-state index is 0.103. The van der Waals surface area contributed by atoms with Crippen molar-refractivity contribution in [2.24, 2.45) is 0 Å². The van der Waals surface area contributed by atoms with Gasteiger partial charge in [-0.05, 0) is 47.0 Å². The smallest absolute Gasteiger partial charge is 0.262 e. The molecule has 0 radical (unpaired) electrons. The lowest BCUT2D eigenvalue weighted by Gasteiger charge is -2.23. The molecule has 3 rings (SSSR count). The van der Waals surface area contributed by atoms with E-state index in [4.69, 9.17) is 5.73 Å². The van der Waals surface area contributed by atoms with Gasteiger partial charge in [-0.2, -0.15) is 0 Å². The molecule has 0 bridgehead atoms. The van der Waals surface area contributed by atoms with Crippen LogP contribution < -0.4 is 10.6 Å². The minimum atomic E-state index is -0.103. The Bertz CT molecular complexity index is 687. The number of amides is 1. The summed E-state index contributed by atoms with van der Waals surface area (Å²) in [5.41, 5.74) is 8.43. The maximum atomic E-state index is 12.8. The molecule has 1 atom stereocenters. The van der Waals surface area contributed by atoms with E-state index in [9.17, 15) is 4.79 Å². The molecule has 0 spiro atoms. The first-order valence-electron chi connectivity index (χ1n) is 6.40. The fraction of sp³-hybridized carbons (Fsp3) is 0.200. The van der Waals surface area contributed by atoms with Crippen LogP contribution in [0.2, 0.25) is 0 Å². The number of hydrogen-bond donors (Lipinski definition) is 1. The zero-order chi connectivity index (χ0) is 14.3. The Balaban J connectivity index is 2.05. The molecule has 4 nitrogen and oxygen atoms in total. The molecule has 2 aromatic rings. The third-order valence-electron chi connectivity index (χ3n) is 3.54. The summed E-state index contributed by atoms with van der Waals surface area (Å²) in [5.74, 6) is 0.156. The van der Waals surface area contributed by atoms with Gasteiger partial charge in [-0.15, -0.1) is 0 Å². The Morgan fingerprint density at radius 2 is 2.20 bits per heavy atom. The number of aromatic nitrogens is 1. The molecule has 5 heteroatoms. The van der Waals surface area contributed by atoms with E-state index in [2.05, 4.69) is 27.0 Å². The highest BCUT2D eigenvalue weighted by molar-refractivity contribution is 9.10. The molecule has 1 amide bonds. The number of fused-ring (bicyclic) bond motifs is 1. The Hall–Kier alpha value is -1.88. The van der Waals surface area contributed by atoms with E-state index in [1.54, 1.807) is 17.2 Å². The number of nitrogen functional groups attached to an aromatic ring is 1. The maximum Gasteiger partial charge on any atom is 0.262 e. The fourth-order valence-corrected chi connectivity index (χ4v) is 2.96. The van der Waals surface area contributed by atoms with Gasteiger partial charge in [-0.1, -0.05) is 18.2 Å². The topological polar surface area (TPSA) is 59.2 Å². The molecule has 2 heterocycles. The van der Waals surface area contributed by atoms with Crippen LogP contribution in [0.25, 0.3) is 0 Å². The van der Waals surface area contributed by atoms with E-state index < -0.39 is 0 Å². The summed E-state index contributed by atoms with van der Waals surface area (Å²) in [6.07, 6.45) is 2.46. The van der Waals surface area contributed by atoms with Crippen molar-refractivity contribution in [3.05, 3.63) is 52.1 Å². The van der Waals surface area contributed by atoms with Gasteiger partial charge in [-0.3, -0.25) is 4.79 Å². The molecular formula is C15H14BrN3O. The molecule has 20 heavy (non-hydrogen) atoms.